The topological polar surface area (TPSA) is 53.3 Å². The van der Waals surface area contributed by atoms with Gasteiger partial charge < -0.3 is 9.64 Å². The predicted molar refractivity (Wildman–Crippen MR) is 107 cm³/mol. The molecule has 0 radical (unpaired) electrons. The zero-order chi connectivity index (χ0) is 19.1. The number of carbonyl (C=O) groups excluding carboxylic acids is 1. The van der Waals surface area contributed by atoms with E-state index in [9.17, 15) is 4.79 Å². The standard InChI is InChI=1S/C22H20N2O2S/c1-17-15-18(3-2-14-27-20-7-4-19(16-23)5-8-20)6-9-21(17)22(25)24-10-12-26-13-11-24/h4-9,15H,10-14H2,1H3. The lowest BCUT2D eigenvalue weighted by atomic mass is 10.0. The maximum Gasteiger partial charge on any atom is 0.254 e. The van der Waals surface area contributed by atoms with Gasteiger partial charge in [0.1, 0.15) is 0 Å². The van der Waals surface area contributed by atoms with Crippen molar-refractivity contribution in [2.45, 2.75) is 11.8 Å². The van der Waals surface area contributed by atoms with E-state index in [0.29, 0.717) is 37.6 Å². The van der Waals surface area contributed by atoms with Crippen molar-refractivity contribution < 1.29 is 9.53 Å². The summed E-state index contributed by atoms with van der Waals surface area (Å²) in [5.74, 6) is 7.04. The first-order chi connectivity index (χ1) is 13.2. The van der Waals surface area contributed by atoms with E-state index in [0.717, 1.165) is 21.6 Å². The number of hydrogen-bond acceptors (Lipinski definition) is 4. The highest BCUT2D eigenvalue weighted by Gasteiger charge is 2.19. The molecule has 1 amide bonds. The third-order valence-corrected chi connectivity index (χ3v) is 5.18. The summed E-state index contributed by atoms with van der Waals surface area (Å²) in [5.41, 5.74) is 3.24. The van der Waals surface area contributed by atoms with Crippen LogP contribution in [0.1, 0.15) is 27.0 Å². The molecule has 0 saturated carbocycles. The van der Waals surface area contributed by atoms with Crippen LogP contribution in [0, 0.1) is 30.1 Å². The molecule has 136 valence electrons. The number of rotatable bonds is 3. The molecule has 0 aromatic heterocycles. The summed E-state index contributed by atoms with van der Waals surface area (Å²) in [4.78, 5) is 15.5. The monoisotopic (exact) mass is 376 g/mol. The minimum Gasteiger partial charge on any atom is -0.378 e. The van der Waals surface area contributed by atoms with Crippen molar-refractivity contribution in [1.82, 2.24) is 4.90 Å². The van der Waals surface area contributed by atoms with Crippen LogP contribution in [0.5, 0.6) is 0 Å². The average Bonchev–Trinajstić information content (AvgIpc) is 2.72. The van der Waals surface area contributed by atoms with Gasteiger partial charge in [-0.3, -0.25) is 4.79 Å². The number of amides is 1. The molecule has 0 aliphatic carbocycles. The van der Waals surface area contributed by atoms with Crippen molar-refractivity contribution in [2.24, 2.45) is 0 Å². The minimum atomic E-state index is 0.0617. The van der Waals surface area contributed by atoms with Gasteiger partial charge in [-0.2, -0.15) is 5.26 Å². The first-order valence-electron chi connectivity index (χ1n) is 8.77. The van der Waals surface area contributed by atoms with Crippen molar-refractivity contribution in [3.05, 3.63) is 64.7 Å². The number of hydrogen-bond donors (Lipinski definition) is 0. The van der Waals surface area contributed by atoms with E-state index in [-0.39, 0.29) is 5.91 Å². The molecular formula is C22H20N2O2S. The first-order valence-corrected chi connectivity index (χ1v) is 9.75. The predicted octanol–water partition coefficient (Wildman–Crippen LogP) is 3.48. The maximum absolute atomic E-state index is 12.6. The van der Waals surface area contributed by atoms with Crippen molar-refractivity contribution in [1.29, 1.82) is 5.26 Å². The molecular weight excluding hydrogens is 356 g/mol. The van der Waals surface area contributed by atoms with E-state index in [1.807, 2.05) is 54.3 Å². The highest BCUT2D eigenvalue weighted by molar-refractivity contribution is 7.99. The molecule has 1 aliphatic heterocycles. The molecule has 27 heavy (non-hydrogen) atoms. The first kappa shape index (κ1) is 19.0. The number of ether oxygens (including phenoxy) is 1. The zero-order valence-corrected chi connectivity index (χ0v) is 16.0. The van der Waals surface area contributed by atoms with E-state index >= 15 is 0 Å². The molecule has 0 atom stereocenters. The Morgan fingerprint density at radius 2 is 1.85 bits per heavy atom. The zero-order valence-electron chi connectivity index (χ0n) is 15.2. The second-order valence-electron chi connectivity index (χ2n) is 6.16. The number of benzene rings is 2. The Kier molecular flexibility index (Phi) is 6.54. The van der Waals surface area contributed by atoms with Crippen LogP contribution in [0.3, 0.4) is 0 Å². The van der Waals surface area contributed by atoms with Gasteiger partial charge in [-0.25, -0.2) is 0 Å². The smallest absolute Gasteiger partial charge is 0.254 e. The van der Waals surface area contributed by atoms with Crippen LogP contribution < -0.4 is 0 Å². The van der Waals surface area contributed by atoms with E-state index < -0.39 is 0 Å². The van der Waals surface area contributed by atoms with Crippen molar-refractivity contribution in [3.8, 4) is 17.9 Å². The van der Waals surface area contributed by atoms with Gasteiger partial charge in [0.05, 0.1) is 30.6 Å². The quantitative estimate of drug-likeness (QED) is 0.608. The average molecular weight is 376 g/mol. The molecule has 1 saturated heterocycles. The van der Waals surface area contributed by atoms with Gasteiger partial charge >= 0.3 is 0 Å². The van der Waals surface area contributed by atoms with E-state index in [1.54, 1.807) is 11.8 Å². The lowest BCUT2D eigenvalue weighted by Crippen LogP contribution is -2.40. The fourth-order valence-corrected chi connectivity index (χ4v) is 3.44. The molecule has 1 heterocycles. The van der Waals surface area contributed by atoms with Crippen molar-refractivity contribution >= 4 is 17.7 Å². The lowest BCUT2D eigenvalue weighted by molar-refractivity contribution is 0.0302. The summed E-state index contributed by atoms with van der Waals surface area (Å²) in [6.07, 6.45) is 0. The van der Waals surface area contributed by atoms with Crippen LogP contribution in [-0.4, -0.2) is 42.9 Å². The van der Waals surface area contributed by atoms with E-state index in [4.69, 9.17) is 10.00 Å². The van der Waals surface area contributed by atoms with Crippen LogP contribution in [0.15, 0.2) is 47.4 Å². The Bertz CT molecular complexity index is 914. The SMILES string of the molecule is Cc1cc(C#CCSc2ccc(C#N)cc2)ccc1C(=O)N1CCOCC1. The number of thioether (sulfide) groups is 1. The van der Waals surface area contributed by atoms with Crippen LogP contribution in [-0.2, 0) is 4.74 Å². The van der Waals surface area contributed by atoms with Crippen LogP contribution in [0.25, 0.3) is 0 Å². The summed E-state index contributed by atoms with van der Waals surface area (Å²) in [7, 11) is 0. The number of aryl methyl sites for hydroxylation is 1. The highest BCUT2D eigenvalue weighted by atomic mass is 32.2. The molecule has 1 fully saturated rings. The summed E-state index contributed by atoms with van der Waals surface area (Å²) >= 11 is 1.63. The molecule has 5 heteroatoms. The molecule has 1 aliphatic rings. The van der Waals surface area contributed by atoms with Gasteiger partial charge in [-0.15, -0.1) is 11.8 Å². The lowest BCUT2D eigenvalue weighted by Gasteiger charge is -2.27. The Labute approximate surface area is 164 Å². The highest BCUT2D eigenvalue weighted by Crippen LogP contribution is 2.18. The minimum absolute atomic E-state index is 0.0617. The third kappa shape index (κ3) is 5.14. The molecule has 0 spiro atoms. The summed E-state index contributed by atoms with van der Waals surface area (Å²) in [6.45, 7) is 4.44. The third-order valence-electron chi connectivity index (χ3n) is 4.28. The number of nitriles is 1. The van der Waals surface area contributed by atoms with Gasteiger partial charge in [0.25, 0.3) is 5.91 Å². The number of morpholine rings is 1. The molecule has 0 N–H and O–H groups in total. The van der Waals surface area contributed by atoms with Crippen molar-refractivity contribution in [3.63, 3.8) is 0 Å². The summed E-state index contributed by atoms with van der Waals surface area (Å²) < 4.78 is 5.31. The van der Waals surface area contributed by atoms with Crippen LogP contribution in [0.4, 0.5) is 0 Å². The van der Waals surface area contributed by atoms with E-state index in [2.05, 4.69) is 17.9 Å². The number of carbonyl (C=O) groups is 1. The van der Waals surface area contributed by atoms with Gasteiger partial charge in [-0.1, -0.05) is 11.8 Å². The van der Waals surface area contributed by atoms with Gasteiger partial charge in [0, 0.05) is 29.1 Å². The second-order valence-corrected chi connectivity index (χ2v) is 7.21. The Balaban J connectivity index is 1.59. The Hall–Kier alpha value is -2.73. The molecule has 0 bridgehead atoms. The van der Waals surface area contributed by atoms with Crippen LogP contribution >= 0.6 is 11.8 Å². The molecule has 2 aromatic carbocycles. The largest absolute Gasteiger partial charge is 0.378 e. The fourth-order valence-electron chi connectivity index (χ4n) is 2.80. The molecule has 4 nitrogen and oxygen atoms in total. The van der Waals surface area contributed by atoms with Gasteiger partial charge in [0.15, 0.2) is 0 Å². The van der Waals surface area contributed by atoms with E-state index in [1.165, 1.54) is 0 Å². The second kappa shape index (κ2) is 9.28. The number of nitrogens with zero attached hydrogens (tertiary/aromatic N) is 2. The molecule has 0 unspecified atom stereocenters. The normalized spacial score (nSPS) is 13.4. The van der Waals surface area contributed by atoms with Gasteiger partial charge in [-0.05, 0) is 55.0 Å². The Morgan fingerprint density at radius 3 is 2.52 bits per heavy atom. The Morgan fingerprint density at radius 1 is 1.15 bits per heavy atom. The van der Waals surface area contributed by atoms with Crippen LogP contribution in [0.2, 0.25) is 0 Å². The molecule has 3 rings (SSSR count). The fraction of sp³-hybridized carbons (Fsp3) is 0.273. The summed E-state index contributed by atoms with van der Waals surface area (Å²) in [5, 5.41) is 8.81. The maximum atomic E-state index is 12.6. The van der Waals surface area contributed by atoms with Gasteiger partial charge in [0.2, 0.25) is 0 Å². The van der Waals surface area contributed by atoms with Crippen molar-refractivity contribution in [2.75, 3.05) is 32.1 Å². The summed E-state index contributed by atoms with van der Waals surface area (Å²) in [6, 6.07) is 15.3. The molecule has 2 aromatic rings.